The molecule has 3 nitrogen and oxygen atoms in total. The summed E-state index contributed by atoms with van der Waals surface area (Å²) in [4.78, 5) is 2.36. The number of rotatable bonds is 10. The van der Waals surface area contributed by atoms with Crippen molar-refractivity contribution >= 4 is 0 Å². The van der Waals surface area contributed by atoms with Crippen LogP contribution in [0, 0.1) is 13.8 Å². The molecule has 0 amide bonds. The molecule has 1 N–H and O–H groups in total. The fourth-order valence-corrected chi connectivity index (χ4v) is 3.11. The molecule has 2 rings (SSSR count). The van der Waals surface area contributed by atoms with Gasteiger partial charge in [0.2, 0.25) is 0 Å². The Bertz CT molecular complexity index is 657. The molecule has 0 bridgehead atoms. The number of hydrogen-bond donors (Lipinski definition) is 1. The van der Waals surface area contributed by atoms with Crippen molar-refractivity contribution in [3.63, 3.8) is 0 Å². The third-order valence-corrected chi connectivity index (χ3v) is 4.95. The van der Waals surface area contributed by atoms with Crippen LogP contribution in [-0.4, -0.2) is 35.3 Å². The minimum Gasteiger partial charge on any atom is -0.389 e. The Kier molecular flexibility index (Phi) is 8.30. The first-order valence-corrected chi connectivity index (χ1v) is 9.59. The van der Waals surface area contributed by atoms with E-state index < -0.39 is 6.10 Å². The second-order valence-corrected chi connectivity index (χ2v) is 7.27. The van der Waals surface area contributed by atoms with E-state index in [-0.39, 0.29) is 0 Å². The highest BCUT2D eigenvalue weighted by Gasteiger charge is 2.18. The molecule has 0 saturated carbocycles. The lowest BCUT2D eigenvalue weighted by atomic mass is 10.0. The van der Waals surface area contributed by atoms with Crippen LogP contribution in [-0.2, 0) is 17.9 Å². The van der Waals surface area contributed by atoms with Crippen molar-refractivity contribution in [2.45, 2.75) is 59.4 Å². The van der Waals surface area contributed by atoms with Gasteiger partial charge in [-0.1, -0.05) is 61.0 Å². The van der Waals surface area contributed by atoms with Crippen LogP contribution in [0.3, 0.4) is 0 Å². The molecule has 0 aliphatic rings. The summed E-state index contributed by atoms with van der Waals surface area (Å²) in [7, 11) is 0. The molecule has 0 aromatic heterocycles. The van der Waals surface area contributed by atoms with Gasteiger partial charge in [0.1, 0.15) is 0 Å². The number of aliphatic hydroxyl groups excluding tert-OH is 1. The van der Waals surface area contributed by atoms with Crippen molar-refractivity contribution in [2.24, 2.45) is 0 Å². The minimum atomic E-state index is -0.488. The molecule has 0 spiro atoms. The topological polar surface area (TPSA) is 32.7 Å². The van der Waals surface area contributed by atoms with E-state index in [1.807, 2.05) is 30.3 Å². The Balaban J connectivity index is 1.89. The average Bonchev–Trinajstić information content (AvgIpc) is 2.63. The third kappa shape index (κ3) is 6.56. The summed E-state index contributed by atoms with van der Waals surface area (Å²) in [5, 5.41) is 10.5. The smallest absolute Gasteiger partial charge is 0.0900 e. The first-order chi connectivity index (χ1) is 12.5. The highest BCUT2D eigenvalue weighted by Crippen LogP contribution is 2.16. The van der Waals surface area contributed by atoms with Crippen molar-refractivity contribution in [1.29, 1.82) is 0 Å². The van der Waals surface area contributed by atoms with E-state index >= 15 is 0 Å². The number of nitrogens with zero attached hydrogens (tertiary/aromatic N) is 1. The predicted molar refractivity (Wildman–Crippen MR) is 108 cm³/mol. The Morgan fingerprint density at radius 3 is 2.46 bits per heavy atom. The van der Waals surface area contributed by atoms with E-state index in [0.29, 0.717) is 25.8 Å². The van der Waals surface area contributed by atoms with Crippen molar-refractivity contribution in [1.82, 2.24) is 4.90 Å². The third-order valence-electron chi connectivity index (χ3n) is 4.95. The lowest BCUT2D eigenvalue weighted by Crippen LogP contribution is -2.40. The molecule has 0 aliphatic heterocycles. The summed E-state index contributed by atoms with van der Waals surface area (Å²) in [6, 6.07) is 17.1. The van der Waals surface area contributed by atoms with Gasteiger partial charge in [-0.25, -0.2) is 0 Å². The van der Waals surface area contributed by atoms with Gasteiger partial charge in [-0.2, -0.15) is 0 Å². The Labute approximate surface area is 158 Å². The summed E-state index contributed by atoms with van der Waals surface area (Å²) >= 11 is 0. The minimum absolute atomic E-state index is 0.356. The quantitative estimate of drug-likeness (QED) is 0.682. The lowest BCUT2D eigenvalue weighted by Gasteiger charge is -2.31. The van der Waals surface area contributed by atoms with Crippen molar-refractivity contribution in [3.05, 3.63) is 70.8 Å². The lowest BCUT2D eigenvalue weighted by molar-refractivity contribution is 0.00141. The van der Waals surface area contributed by atoms with Gasteiger partial charge in [0.25, 0.3) is 0 Å². The molecule has 2 unspecified atom stereocenters. The zero-order chi connectivity index (χ0) is 18.9. The zero-order valence-corrected chi connectivity index (χ0v) is 16.6. The fourth-order valence-electron chi connectivity index (χ4n) is 3.11. The summed E-state index contributed by atoms with van der Waals surface area (Å²) in [5.41, 5.74) is 5.06. The van der Waals surface area contributed by atoms with Crippen LogP contribution in [0.25, 0.3) is 0 Å². The van der Waals surface area contributed by atoms with Crippen LogP contribution in [0.5, 0.6) is 0 Å². The predicted octanol–water partition coefficient (Wildman–Crippen LogP) is 4.48. The van der Waals surface area contributed by atoms with E-state index in [4.69, 9.17) is 4.74 Å². The normalized spacial score (nSPS) is 13.8. The number of ether oxygens (including phenoxy) is 1. The standard InChI is InChI=1S/C23H33NO2/c1-5-20(4)24(14-22-12-11-18(2)13-19(22)3)15-23(25)17-26-16-21-9-7-6-8-10-21/h6-13,20,23,25H,5,14-17H2,1-4H3. The molecule has 0 radical (unpaired) electrons. The molecule has 2 aromatic carbocycles. The van der Waals surface area contributed by atoms with Gasteiger partial charge < -0.3 is 9.84 Å². The maximum Gasteiger partial charge on any atom is 0.0900 e. The molecule has 0 saturated heterocycles. The van der Waals surface area contributed by atoms with E-state index in [1.54, 1.807) is 0 Å². The van der Waals surface area contributed by atoms with E-state index in [1.165, 1.54) is 16.7 Å². The largest absolute Gasteiger partial charge is 0.389 e. The monoisotopic (exact) mass is 355 g/mol. The zero-order valence-electron chi connectivity index (χ0n) is 16.6. The van der Waals surface area contributed by atoms with Crippen LogP contribution in [0.2, 0.25) is 0 Å². The van der Waals surface area contributed by atoms with Gasteiger partial charge in [-0.3, -0.25) is 4.90 Å². The second-order valence-electron chi connectivity index (χ2n) is 7.27. The molecular formula is C23H33NO2. The van der Waals surface area contributed by atoms with Gasteiger partial charge in [0.15, 0.2) is 0 Å². The number of hydrogen-bond acceptors (Lipinski definition) is 3. The maximum atomic E-state index is 10.5. The molecule has 0 aliphatic carbocycles. The fraction of sp³-hybridized carbons (Fsp3) is 0.478. The first kappa shape index (κ1) is 20.6. The molecule has 0 heterocycles. The van der Waals surface area contributed by atoms with E-state index in [2.05, 4.69) is 50.8 Å². The van der Waals surface area contributed by atoms with Crippen LogP contribution < -0.4 is 0 Å². The molecule has 2 atom stereocenters. The number of aliphatic hydroxyl groups is 1. The van der Waals surface area contributed by atoms with Gasteiger partial charge in [-0.15, -0.1) is 0 Å². The van der Waals surface area contributed by atoms with Crippen molar-refractivity contribution in [2.75, 3.05) is 13.2 Å². The van der Waals surface area contributed by atoms with Gasteiger partial charge >= 0.3 is 0 Å². The number of benzene rings is 2. The van der Waals surface area contributed by atoms with Crippen LogP contribution in [0.15, 0.2) is 48.5 Å². The highest BCUT2D eigenvalue weighted by atomic mass is 16.5. The summed E-state index contributed by atoms with van der Waals surface area (Å²) in [6.07, 6.45) is 0.571. The molecule has 2 aromatic rings. The SMILES string of the molecule is CCC(C)N(Cc1ccc(C)cc1C)CC(O)COCc1ccccc1. The average molecular weight is 356 g/mol. The summed E-state index contributed by atoms with van der Waals surface area (Å²) in [5.74, 6) is 0. The Morgan fingerprint density at radius 2 is 1.81 bits per heavy atom. The Hall–Kier alpha value is -1.68. The molecule has 0 fully saturated rings. The maximum absolute atomic E-state index is 10.5. The first-order valence-electron chi connectivity index (χ1n) is 9.59. The Morgan fingerprint density at radius 1 is 1.08 bits per heavy atom. The summed E-state index contributed by atoms with van der Waals surface area (Å²) < 4.78 is 5.71. The van der Waals surface area contributed by atoms with E-state index in [9.17, 15) is 5.11 Å². The molecule has 26 heavy (non-hydrogen) atoms. The molecular weight excluding hydrogens is 322 g/mol. The molecule has 3 heteroatoms. The van der Waals surface area contributed by atoms with Gasteiger partial charge in [0, 0.05) is 19.1 Å². The molecule has 142 valence electrons. The number of aryl methyl sites for hydroxylation is 2. The van der Waals surface area contributed by atoms with Gasteiger partial charge in [0.05, 0.1) is 19.3 Å². The van der Waals surface area contributed by atoms with Crippen molar-refractivity contribution < 1.29 is 9.84 Å². The highest BCUT2D eigenvalue weighted by molar-refractivity contribution is 5.30. The van der Waals surface area contributed by atoms with Crippen molar-refractivity contribution in [3.8, 4) is 0 Å². The second kappa shape index (κ2) is 10.5. The van der Waals surface area contributed by atoms with Crippen LogP contribution in [0.4, 0.5) is 0 Å². The van der Waals surface area contributed by atoms with Crippen LogP contribution in [0.1, 0.15) is 42.5 Å². The van der Waals surface area contributed by atoms with E-state index in [0.717, 1.165) is 18.5 Å². The van der Waals surface area contributed by atoms with Gasteiger partial charge in [-0.05, 0) is 43.9 Å². The summed E-state index contributed by atoms with van der Waals surface area (Å²) in [6.45, 7) is 11.1. The van der Waals surface area contributed by atoms with Crippen LogP contribution >= 0.6 is 0 Å².